The van der Waals surface area contributed by atoms with Crippen molar-refractivity contribution in [1.29, 1.82) is 0 Å². The Morgan fingerprint density at radius 1 is 1.09 bits per heavy atom. The molecule has 7 nitrogen and oxygen atoms in total. The van der Waals surface area contributed by atoms with Crippen molar-refractivity contribution < 1.29 is 13.9 Å². The monoisotopic (exact) mass is 601 g/mol. The molecule has 3 aliphatic rings. The zero-order valence-electron chi connectivity index (χ0n) is 27.4. The molecule has 2 aromatic heterocycles. The number of ether oxygens (including phenoxy) is 1. The van der Waals surface area contributed by atoms with E-state index >= 15 is 4.39 Å². The highest BCUT2D eigenvalue weighted by Gasteiger charge is 2.40. The number of carbonyl (C=O) groups is 1. The van der Waals surface area contributed by atoms with Gasteiger partial charge in [0.05, 0.1) is 29.8 Å². The van der Waals surface area contributed by atoms with Gasteiger partial charge >= 0.3 is 0 Å². The van der Waals surface area contributed by atoms with E-state index in [4.69, 9.17) is 14.7 Å². The molecule has 2 aliphatic heterocycles. The minimum atomic E-state index is -0.425. The molecule has 1 fully saturated rings. The molecule has 0 aromatic carbocycles. The fraction of sp³-hybridized carbons (Fsp3) is 0.528. The van der Waals surface area contributed by atoms with Crippen LogP contribution in [0, 0.1) is 0 Å². The zero-order valence-corrected chi connectivity index (χ0v) is 27.4. The normalized spacial score (nSPS) is 19.4. The molecule has 0 atom stereocenters. The minimum Gasteiger partial charge on any atom is -0.501 e. The lowest BCUT2D eigenvalue weighted by molar-refractivity contribution is 0.0507. The predicted octanol–water partition coefficient (Wildman–Crippen LogP) is 7.50. The first-order chi connectivity index (χ1) is 20.9. The topological polar surface area (TPSA) is 61.8 Å². The van der Waals surface area contributed by atoms with E-state index in [1.54, 1.807) is 13.2 Å². The first kappa shape index (κ1) is 31.7. The summed E-state index contributed by atoms with van der Waals surface area (Å²) in [5, 5.41) is 0. The van der Waals surface area contributed by atoms with Gasteiger partial charge < -0.3 is 19.4 Å². The molecule has 0 spiro atoms. The van der Waals surface area contributed by atoms with Crippen molar-refractivity contribution in [2.75, 3.05) is 43.1 Å². The Morgan fingerprint density at radius 3 is 2.55 bits per heavy atom. The summed E-state index contributed by atoms with van der Waals surface area (Å²) in [4.78, 5) is 30.1. The Labute approximate surface area is 262 Å². The van der Waals surface area contributed by atoms with E-state index in [9.17, 15) is 4.79 Å². The number of hydrogen-bond donors (Lipinski definition) is 0. The third kappa shape index (κ3) is 6.54. The largest absolute Gasteiger partial charge is 0.501 e. The molecule has 2 aromatic rings. The Kier molecular flexibility index (Phi) is 9.19. The van der Waals surface area contributed by atoms with Crippen molar-refractivity contribution in [1.82, 2.24) is 14.9 Å². The van der Waals surface area contributed by atoms with Gasteiger partial charge in [-0.15, -0.1) is 0 Å². The molecule has 1 amide bonds. The van der Waals surface area contributed by atoms with Crippen LogP contribution in [0.15, 0.2) is 66.0 Å². The second kappa shape index (κ2) is 12.7. The van der Waals surface area contributed by atoms with Crippen molar-refractivity contribution in [3.63, 3.8) is 0 Å². The number of nitrogens with zero attached hydrogens (tertiary/aromatic N) is 5. The summed E-state index contributed by atoms with van der Waals surface area (Å²) < 4.78 is 20.3. The lowest BCUT2D eigenvalue weighted by Crippen LogP contribution is -2.61. The van der Waals surface area contributed by atoms with Gasteiger partial charge in [-0.3, -0.25) is 4.79 Å². The van der Waals surface area contributed by atoms with Gasteiger partial charge in [0.2, 0.25) is 0 Å². The summed E-state index contributed by atoms with van der Waals surface area (Å²) in [5.74, 6) is 1.47. The lowest BCUT2D eigenvalue weighted by atomic mass is 9.80. The number of amides is 1. The van der Waals surface area contributed by atoms with E-state index in [-0.39, 0.29) is 17.1 Å². The van der Waals surface area contributed by atoms with E-state index < -0.39 is 5.54 Å². The Balaban J connectivity index is 1.33. The number of carbonyl (C=O) groups excluding carboxylic acids is 1. The number of methoxy groups -OCH3 is 1. The molecule has 4 heterocycles. The van der Waals surface area contributed by atoms with Gasteiger partial charge in [-0.05, 0) is 81.4 Å². The lowest BCUT2D eigenvalue weighted by Gasteiger charge is -2.47. The highest BCUT2D eigenvalue weighted by molar-refractivity contribution is 5.93. The van der Waals surface area contributed by atoms with Crippen molar-refractivity contribution in [2.45, 2.75) is 90.5 Å². The SMILES string of the molecule is C=C(Cc1ccc(N2CCN(C(=O)c3ccc4c(n3)C(C)(C)CCN4C3=CC(F)=C(CCCC)CC3)C(C)(C)C2)nc1)OC. The third-order valence-corrected chi connectivity index (χ3v) is 9.45. The maximum atomic E-state index is 15.1. The van der Waals surface area contributed by atoms with E-state index in [0.717, 1.165) is 79.1 Å². The standard InChI is InChI=1S/C36H48FN5O2/c1-8-9-10-27-12-13-28(22-29(27)37)41-18-17-35(3,4)33-31(41)15-14-30(39-33)34(43)42-20-19-40(24-36(42,5)6)32-16-11-26(23-38-32)21-25(2)44-7/h11,14-16,22-23H,2,8-10,12-13,17-21,24H2,1,3-7H3. The van der Waals surface area contributed by atoms with E-state index in [0.29, 0.717) is 37.5 Å². The molecular formula is C36H48FN5O2. The van der Waals surface area contributed by atoms with Crippen LogP contribution in [0.2, 0.25) is 0 Å². The summed E-state index contributed by atoms with van der Waals surface area (Å²) in [5.41, 5.74) is 4.73. The fourth-order valence-electron chi connectivity index (χ4n) is 6.65. The maximum absolute atomic E-state index is 15.1. The summed E-state index contributed by atoms with van der Waals surface area (Å²) in [7, 11) is 1.63. The average molecular weight is 602 g/mol. The highest BCUT2D eigenvalue weighted by Crippen LogP contribution is 2.42. The summed E-state index contributed by atoms with van der Waals surface area (Å²) in [6.45, 7) is 17.3. The number of hydrogen-bond acceptors (Lipinski definition) is 6. The summed E-state index contributed by atoms with van der Waals surface area (Å²) >= 11 is 0. The number of unbranched alkanes of at least 4 members (excludes halogenated alkanes) is 1. The quantitative estimate of drug-likeness (QED) is 0.278. The first-order valence-corrected chi connectivity index (χ1v) is 16.0. The molecule has 0 N–H and O–H groups in total. The number of halogens is 1. The van der Waals surface area contributed by atoms with Crippen molar-refractivity contribution in [3.05, 3.63) is 82.9 Å². The van der Waals surface area contributed by atoms with Crippen LogP contribution < -0.4 is 9.80 Å². The van der Waals surface area contributed by atoms with Crippen LogP contribution in [-0.4, -0.2) is 59.6 Å². The third-order valence-electron chi connectivity index (χ3n) is 9.45. The second-order valence-corrected chi connectivity index (χ2v) is 13.7. The van der Waals surface area contributed by atoms with E-state index in [1.165, 1.54) is 0 Å². The number of pyridine rings is 2. The van der Waals surface area contributed by atoms with Gasteiger partial charge in [-0.1, -0.05) is 39.8 Å². The smallest absolute Gasteiger partial charge is 0.273 e. The molecular weight excluding hydrogens is 553 g/mol. The molecule has 44 heavy (non-hydrogen) atoms. The van der Waals surface area contributed by atoms with E-state index in [1.807, 2.05) is 29.3 Å². The second-order valence-electron chi connectivity index (χ2n) is 13.7. The molecule has 0 saturated carbocycles. The van der Waals surface area contributed by atoms with Crippen LogP contribution in [0.3, 0.4) is 0 Å². The van der Waals surface area contributed by atoms with Gasteiger partial charge in [-0.2, -0.15) is 0 Å². The molecule has 236 valence electrons. The Bertz CT molecular complexity index is 1460. The number of aromatic nitrogens is 2. The molecule has 8 heteroatoms. The van der Waals surface area contributed by atoms with Crippen molar-refractivity contribution in [3.8, 4) is 0 Å². The number of allylic oxidation sites excluding steroid dienone is 5. The van der Waals surface area contributed by atoms with Crippen LogP contribution in [0.5, 0.6) is 0 Å². The number of piperazine rings is 1. The number of fused-ring (bicyclic) bond motifs is 1. The fourth-order valence-corrected chi connectivity index (χ4v) is 6.65. The van der Waals surface area contributed by atoms with Gasteiger partial charge in [-0.25, -0.2) is 14.4 Å². The molecule has 0 unspecified atom stereocenters. The zero-order chi connectivity index (χ0) is 31.6. The number of rotatable bonds is 9. The predicted molar refractivity (Wildman–Crippen MR) is 176 cm³/mol. The van der Waals surface area contributed by atoms with E-state index in [2.05, 4.69) is 57.1 Å². The Hall–Kier alpha value is -3.68. The van der Waals surface area contributed by atoms with Gasteiger partial charge in [0.1, 0.15) is 17.3 Å². The van der Waals surface area contributed by atoms with Crippen molar-refractivity contribution in [2.24, 2.45) is 0 Å². The highest BCUT2D eigenvalue weighted by atomic mass is 19.1. The maximum Gasteiger partial charge on any atom is 0.273 e. The summed E-state index contributed by atoms with van der Waals surface area (Å²) in [6.07, 6.45) is 9.63. The molecule has 0 radical (unpaired) electrons. The van der Waals surface area contributed by atoms with Gasteiger partial charge in [0.25, 0.3) is 5.91 Å². The Morgan fingerprint density at radius 2 is 1.89 bits per heavy atom. The first-order valence-electron chi connectivity index (χ1n) is 16.0. The summed E-state index contributed by atoms with van der Waals surface area (Å²) in [6, 6.07) is 7.96. The number of anilines is 2. The van der Waals surface area contributed by atoms with Crippen molar-refractivity contribution >= 4 is 17.4 Å². The molecule has 0 bridgehead atoms. The van der Waals surface area contributed by atoms with Gasteiger partial charge in [0.15, 0.2) is 0 Å². The van der Waals surface area contributed by atoms with Crippen LogP contribution >= 0.6 is 0 Å². The minimum absolute atomic E-state index is 0.0572. The average Bonchev–Trinajstić information content (AvgIpc) is 3.00. The van der Waals surface area contributed by atoms with Crippen LogP contribution in [0.25, 0.3) is 0 Å². The van der Waals surface area contributed by atoms with Gasteiger partial charge in [0, 0.05) is 49.9 Å². The molecule has 1 aliphatic carbocycles. The van der Waals surface area contributed by atoms with Crippen LogP contribution in [0.4, 0.5) is 15.9 Å². The molecule has 1 saturated heterocycles. The van der Waals surface area contributed by atoms with Crippen LogP contribution in [-0.2, 0) is 16.6 Å². The molecule has 5 rings (SSSR count). The van der Waals surface area contributed by atoms with Crippen LogP contribution in [0.1, 0.15) is 94.9 Å².